The molecule has 0 amide bonds. The first-order chi connectivity index (χ1) is 9.74. The van der Waals surface area contributed by atoms with E-state index in [9.17, 15) is 0 Å². The van der Waals surface area contributed by atoms with Crippen LogP contribution in [0.25, 0.3) is 0 Å². The van der Waals surface area contributed by atoms with Gasteiger partial charge in [-0.2, -0.15) is 0 Å². The SMILES string of the molecule is CCCC1(C2=NCCN2)Cc2cc(C)cc3c2N1CC3. The molecule has 3 heterocycles. The molecule has 0 saturated carbocycles. The maximum Gasteiger partial charge on any atom is 0.123 e. The molecule has 4 rings (SSSR count). The Balaban J connectivity index is 1.84. The highest BCUT2D eigenvalue weighted by Gasteiger charge is 2.50. The van der Waals surface area contributed by atoms with Crippen LogP contribution in [-0.2, 0) is 12.8 Å². The number of rotatable bonds is 3. The van der Waals surface area contributed by atoms with Gasteiger partial charge >= 0.3 is 0 Å². The molecule has 3 nitrogen and oxygen atoms in total. The number of aryl methyl sites for hydroxylation is 1. The van der Waals surface area contributed by atoms with Crippen LogP contribution in [-0.4, -0.2) is 31.0 Å². The van der Waals surface area contributed by atoms with Crippen molar-refractivity contribution < 1.29 is 0 Å². The molecule has 3 aliphatic rings. The van der Waals surface area contributed by atoms with Crippen molar-refractivity contribution in [3.63, 3.8) is 0 Å². The highest BCUT2D eigenvalue weighted by atomic mass is 15.3. The number of nitrogens with zero attached hydrogens (tertiary/aromatic N) is 2. The molecule has 0 bridgehead atoms. The lowest BCUT2D eigenvalue weighted by Crippen LogP contribution is -2.56. The van der Waals surface area contributed by atoms with Gasteiger partial charge in [-0.15, -0.1) is 0 Å². The fraction of sp³-hybridized carbons (Fsp3) is 0.588. The van der Waals surface area contributed by atoms with E-state index >= 15 is 0 Å². The predicted molar refractivity (Wildman–Crippen MR) is 83.9 cm³/mol. The summed E-state index contributed by atoms with van der Waals surface area (Å²) in [5, 5.41) is 3.57. The lowest BCUT2D eigenvalue weighted by atomic mass is 9.86. The van der Waals surface area contributed by atoms with Crippen LogP contribution in [0.5, 0.6) is 0 Å². The molecule has 1 aromatic carbocycles. The summed E-state index contributed by atoms with van der Waals surface area (Å²) in [6, 6.07) is 4.77. The van der Waals surface area contributed by atoms with Gasteiger partial charge in [-0.3, -0.25) is 4.99 Å². The Hall–Kier alpha value is -1.51. The predicted octanol–water partition coefficient (Wildman–Crippen LogP) is 2.45. The summed E-state index contributed by atoms with van der Waals surface area (Å²) in [6.45, 7) is 7.63. The molecular weight excluding hydrogens is 246 g/mol. The number of benzene rings is 1. The Kier molecular flexibility index (Phi) is 2.60. The molecule has 1 unspecified atom stereocenters. The highest BCUT2D eigenvalue weighted by Crippen LogP contribution is 2.48. The Labute approximate surface area is 121 Å². The number of aliphatic imine (C=N–C) groups is 1. The van der Waals surface area contributed by atoms with E-state index in [0.717, 1.165) is 26.1 Å². The Morgan fingerprint density at radius 2 is 2.20 bits per heavy atom. The van der Waals surface area contributed by atoms with Crippen molar-refractivity contribution in [2.75, 3.05) is 24.5 Å². The lowest BCUT2D eigenvalue weighted by Gasteiger charge is -2.38. The second kappa shape index (κ2) is 4.24. The monoisotopic (exact) mass is 269 g/mol. The maximum atomic E-state index is 4.80. The highest BCUT2D eigenvalue weighted by molar-refractivity contribution is 5.99. The van der Waals surface area contributed by atoms with E-state index in [0.29, 0.717) is 0 Å². The molecule has 1 N–H and O–H groups in total. The molecule has 106 valence electrons. The topological polar surface area (TPSA) is 27.6 Å². The van der Waals surface area contributed by atoms with Gasteiger partial charge in [0.1, 0.15) is 11.4 Å². The summed E-state index contributed by atoms with van der Waals surface area (Å²) >= 11 is 0. The van der Waals surface area contributed by atoms with E-state index in [2.05, 4.69) is 36.2 Å². The number of hydrogen-bond donors (Lipinski definition) is 1. The number of anilines is 1. The summed E-state index contributed by atoms with van der Waals surface area (Å²) in [7, 11) is 0. The van der Waals surface area contributed by atoms with Crippen LogP contribution in [0, 0.1) is 6.92 Å². The molecular formula is C17H23N3. The van der Waals surface area contributed by atoms with Gasteiger partial charge in [0.05, 0.1) is 6.54 Å². The van der Waals surface area contributed by atoms with Crippen LogP contribution in [0.1, 0.15) is 36.5 Å². The molecule has 1 aromatic rings. The van der Waals surface area contributed by atoms with Crippen LogP contribution < -0.4 is 10.2 Å². The third-order valence-electron chi connectivity index (χ3n) is 5.06. The minimum absolute atomic E-state index is 0.118. The minimum atomic E-state index is 0.118. The molecule has 1 atom stereocenters. The third-order valence-corrected chi connectivity index (χ3v) is 5.06. The van der Waals surface area contributed by atoms with Crippen LogP contribution in [0.3, 0.4) is 0 Å². The smallest absolute Gasteiger partial charge is 0.123 e. The first-order valence-corrected chi connectivity index (χ1v) is 7.93. The van der Waals surface area contributed by atoms with Crippen molar-refractivity contribution in [2.24, 2.45) is 4.99 Å². The summed E-state index contributed by atoms with van der Waals surface area (Å²) in [5.74, 6) is 1.25. The average molecular weight is 269 g/mol. The molecule has 0 aliphatic carbocycles. The van der Waals surface area contributed by atoms with Gasteiger partial charge in [0.2, 0.25) is 0 Å². The van der Waals surface area contributed by atoms with Crippen LogP contribution in [0.2, 0.25) is 0 Å². The van der Waals surface area contributed by atoms with Gasteiger partial charge in [-0.05, 0) is 30.9 Å². The van der Waals surface area contributed by atoms with Crippen LogP contribution in [0.4, 0.5) is 5.69 Å². The summed E-state index contributed by atoms with van der Waals surface area (Å²) in [6.07, 6.45) is 4.74. The molecule has 0 radical (unpaired) electrons. The normalized spacial score (nSPS) is 26.7. The first kappa shape index (κ1) is 12.2. The second-order valence-corrected chi connectivity index (χ2v) is 6.45. The van der Waals surface area contributed by atoms with Crippen molar-refractivity contribution in [3.05, 3.63) is 28.8 Å². The number of hydrogen-bond acceptors (Lipinski definition) is 3. The summed E-state index contributed by atoms with van der Waals surface area (Å²) < 4.78 is 0. The zero-order chi connectivity index (χ0) is 13.7. The quantitative estimate of drug-likeness (QED) is 0.913. The standard InChI is InChI=1S/C17H23N3/c1-3-5-17(16-18-6-7-19-16)11-14-10-12(2)9-13-4-8-20(17)15(13)14/h9-10H,3-8,11H2,1-2H3,(H,18,19). The third kappa shape index (κ3) is 1.49. The van der Waals surface area contributed by atoms with E-state index in [1.54, 1.807) is 11.1 Å². The van der Waals surface area contributed by atoms with Gasteiger partial charge in [0.15, 0.2) is 0 Å². The Morgan fingerprint density at radius 3 is 2.95 bits per heavy atom. The minimum Gasteiger partial charge on any atom is -0.370 e. The largest absolute Gasteiger partial charge is 0.370 e. The number of amidine groups is 1. The maximum absolute atomic E-state index is 4.80. The van der Waals surface area contributed by atoms with Crippen molar-refractivity contribution in [2.45, 2.75) is 45.1 Å². The molecule has 0 aromatic heterocycles. The molecule has 3 aliphatic heterocycles. The van der Waals surface area contributed by atoms with Crippen molar-refractivity contribution in [1.29, 1.82) is 0 Å². The number of nitrogens with one attached hydrogen (secondary N) is 1. The van der Waals surface area contributed by atoms with E-state index in [4.69, 9.17) is 4.99 Å². The molecule has 0 fully saturated rings. The first-order valence-electron chi connectivity index (χ1n) is 7.93. The molecule has 20 heavy (non-hydrogen) atoms. The zero-order valence-electron chi connectivity index (χ0n) is 12.5. The Bertz CT molecular complexity index is 590. The van der Waals surface area contributed by atoms with Crippen LogP contribution in [0.15, 0.2) is 17.1 Å². The molecule has 0 spiro atoms. The van der Waals surface area contributed by atoms with Gasteiger partial charge in [-0.1, -0.05) is 31.0 Å². The van der Waals surface area contributed by atoms with Crippen molar-refractivity contribution in [3.8, 4) is 0 Å². The van der Waals surface area contributed by atoms with Crippen LogP contribution >= 0.6 is 0 Å². The summed E-state index contributed by atoms with van der Waals surface area (Å²) in [4.78, 5) is 7.46. The van der Waals surface area contributed by atoms with Gasteiger partial charge in [0.25, 0.3) is 0 Å². The lowest BCUT2D eigenvalue weighted by molar-refractivity contribution is 0.483. The second-order valence-electron chi connectivity index (χ2n) is 6.45. The Morgan fingerprint density at radius 1 is 1.35 bits per heavy atom. The van der Waals surface area contributed by atoms with Gasteiger partial charge in [0, 0.05) is 25.2 Å². The van der Waals surface area contributed by atoms with Gasteiger partial charge < -0.3 is 10.2 Å². The fourth-order valence-electron chi connectivity index (χ4n) is 4.47. The van der Waals surface area contributed by atoms with Crippen molar-refractivity contribution >= 4 is 11.5 Å². The fourth-order valence-corrected chi connectivity index (χ4v) is 4.47. The van der Waals surface area contributed by atoms with E-state index in [1.807, 2.05) is 0 Å². The molecule has 0 saturated heterocycles. The molecule has 3 heteroatoms. The van der Waals surface area contributed by atoms with Crippen molar-refractivity contribution in [1.82, 2.24) is 5.32 Å². The van der Waals surface area contributed by atoms with Gasteiger partial charge in [-0.25, -0.2) is 0 Å². The van der Waals surface area contributed by atoms with E-state index in [1.165, 1.54) is 36.3 Å². The summed E-state index contributed by atoms with van der Waals surface area (Å²) in [5.41, 5.74) is 6.15. The van der Waals surface area contributed by atoms with E-state index in [-0.39, 0.29) is 5.54 Å². The van der Waals surface area contributed by atoms with E-state index < -0.39 is 0 Å². The average Bonchev–Trinajstić information content (AvgIpc) is 3.12. The zero-order valence-corrected chi connectivity index (χ0v) is 12.5.